The third kappa shape index (κ3) is 5.30. The quantitative estimate of drug-likeness (QED) is 0.303. The van der Waals surface area contributed by atoms with Crippen LogP contribution in [0, 0.1) is 5.82 Å². The lowest BCUT2D eigenvalue weighted by Gasteiger charge is -2.32. The van der Waals surface area contributed by atoms with Crippen molar-refractivity contribution in [3.63, 3.8) is 0 Å². The highest BCUT2D eigenvalue weighted by atomic mass is 32.2. The Balaban J connectivity index is 1.41. The molecule has 1 amide bonds. The van der Waals surface area contributed by atoms with Crippen molar-refractivity contribution in [2.24, 2.45) is 0 Å². The summed E-state index contributed by atoms with van der Waals surface area (Å²) in [7, 11) is 0. The lowest BCUT2D eigenvalue weighted by Crippen LogP contribution is -2.49. The van der Waals surface area contributed by atoms with E-state index in [1.54, 1.807) is 25.1 Å². The number of halogens is 1. The van der Waals surface area contributed by atoms with Crippen LogP contribution in [-0.4, -0.2) is 73.8 Å². The molecule has 0 aliphatic carbocycles. The van der Waals surface area contributed by atoms with Gasteiger partial charge in [-0.1, -0.05) is 12.1 Å². The summed E-state index contributed by atoms with van der Waals surface area (Å²) in [4.78, 5) is 38.5. The second-order valence-corrected chi connectivity index (χ2v) is 10.6. The monoisotopic (exact) mass is 569 g/mol. The molecule has 2 fully saturated rings. The van der Waals surface area contributed by atoms with E-state index in [-0.39, 0.29) is 48.4 Å². The molecule has 1 unspecified atom stereocenters. The number of nitrogens with two attached hydrogens (primary N) is 1. The SMILES string of the molecule is CCOC(=O)[C@@H](Cc1ccc2c(N)nccc2c1F)N1CC[C@H](N(c2ccc(N3CCCC3)nc2)S(=O)[O-])C1=O. The number of aromatic nitrogens is 2. The molecule has 2 N–H and O–H groups in total. The van der Waals surface area contributed by atoms with Gasteiger partial charge in [0.25, 0.3) is 0 Å². The number of ether oxygens (including phenoxy) is 1. The number of benzene rings is 1. The number of anilines is 3. The molecule has 2 aromatic heterocycles. The first kappa shape index (κ1) is 27.7. The van der Waals surface area contributed by atoms with Crippen LogP contribution in [0.25, 0.3) is 10.8 Å². The Morgan fingerprint density at radius 2 is 1.98 bits per heavy atom. The van der Waals surface area contributed by atoms with Gasteiger partial charge in [0.05, 0.1) is 18.5 Å². The minimum atomic E-state index is -2.79. The van der Waals surface area contributed by atoms with E-state index >= 15 is 4.39 Å². The van der Waals surface area contributed by atoms with E-state index in [0.29, 0.717) is 5.39 Å². The molecule has 5 rings (SSSR count). The van der Waals surface area contributed by atoms with Crippen molar-refractivity contribution in [2.75, 3.05) is 41.2 Å². The van der Waals surface area contributed by atoms with E-state index in [2.05, 4.69) is 14.9 Å². The maximum atomic E-state index is 15.5. The number of nitrogens with zero attached hydrogens (tertiary/aromatic N) is 5. The van der Waals surface area contributed by atoms with Crippen molar-refractivity contribution in [1.82, 2.24) is 14.9 Å². The third-order valence-corrected chi connectivity index (χ3v) is 8.20. The first-order chi connectivity index (χ1) is 19.3. The van der Waals surface area contributed by atoms with Crippen LogP contribution >= 0.6 is 0 Å². The Morgan fingerprint density at radius 3 is 2.65 bits per heavy atom. The molecule has 1 aromatic carbocycles. The van der Waals surface area contributed by atoms with Gasteiger partial charge in [-0.25, -0.2) is 19.2 Å². The standard InChI is InChI=1S/C27H31FN6O5S/c1-2-39-27(36)22(15-17-5-7-20-19(24(17)28)9-11-30-25(20)29)33-14-10-21(26(33)35)34(40(37)38)18-6-8-23(31-16-18)32-12-3-4-13-32/h5-9,11,16,21-22H,2-4,10,12-15H2,1H3,(H2,29,30)(H,37,38)/p-1/t21-,22+/m0/s1. The summed E-state index contributed by atoms with van der Waals surface area (Å²) in [5.74, 6) is -0.918. The Morgan fingerprint density at radius 1 is 1.20 bits per heavy atom. The van der Waals surface area contributed by atoms with Crippen LogP contribution in [0.3, 0.4) is 0 Å². The van der Waals surface area contributed by atoms with Gasteiger partial charge < -0.3 is 24.8 Å². The number of nitrogen functional groups attached to an aromatic ring is 1. The molecule has 3 atom stereocenters. The lowest BCUT2D eigenvalue weighted by molar-refractivity contribution is -0.153. The van der Waals surface area contributed by atoms with Crippen LogP contribution < -0.4 is 14.9 Å². The molecule has 2 aliphatic heterocycles. The van der Waals surface area contributed by atoms with Crippen LogP contribution in [0.5, 0.6) is 0 Å². The number of esters is 1. The van der Waals surface area contributed by atoms with E-state index < -0.39 is 41.0 Å². The van der Waals surface area contributed by atoms with Gasteiger partial charge in [-0.2, -0.15) is 0 Å². The fourth-order valence-corrected chi connectivity index (χ4v) is 6.12. The molecule has 0 spiro atoms. The molecule has 0 radical (unpaired) electrons. The number of hydrogen-bond acceptors (Lipinski definition) is 9. The first-order valence-electron chi connectivity index (χ1n) is 13.2. The van der Waals surface area contributed by atoms with Crippen LogP contribution in [-0.2, 0) is 32.0 Å². The van der Waals surface area contributed by atoms with Crippen molar-refractivity contribution < 1.29 is 27.5 Å². The third-order valence-electron chi connectivity index (χ3n) is 7.41. The summed E-state index contributed by atoms with van der Waals surface area (Å²) in [5.41, 5.74) is 6.31. The number of carbonyl (C=O) groups is 2. The number of pyridine rings is 2. The fourth-order valence-electron chi connectivity index (χ4n) is 5.44. The van der Waals surface area contributed by atoms with Gasteiger partial charge in [0.15, 0.2) is 0 Å². The lowest BCUT2D eigenvalue weighted by atomic mass is 10.0. The van der Waals surface area contributed by atoms with Gasteiger partial charge in [0, 0.05) is 54.3 Å². The Hall–Kier alpha value is -3.84. The molecule has 0 saturated carbocycles. The van der Waals surface area contributed by atoms with E-state index in [4.69, 9.17) is 10.5 Å². The van der Waals surface area contributed by atoms with Crippen molar-refractivity contribution in [2.45, 2.75) is 44.7 Å². The van der Waals surface area contributed by atoms with Gasteiger partial charge in [-0.05, 0) is 49.9 Å². The summed E-state index contributed by atoms with van der Waals surface area (Å²) < 4.78 is 46.4. The van der Waals surface area contributed by atoms with Crippen molar-refractivity contribution in [1.29, 1.82) is 0 Å². The molecule has 3 aromatic rings. The van der Waals surface area contributed by atoms with E-state index in [1.165, 1.54) is 29.4 Å². The number of fused-ring (bicyclic) bond motifs is 1. The highest BCUT2D eigenvalue weighted by Crippen LogP contribution is 2.30. The number of likely N-dealkylation sites (tertiary alicyclic amines) is 1. The zero-order chi connectivity index (χ0) is 28.4. The second-order valence-electron chi connectivity index (χ2n) is 9.75. The zero-order valence-electron chi connectivity index (χ0n) is 22.0. The van der Waals surface area contributed by atoms with Crippen LogP contribution in [0.4, 0.5) is 21.7 Å². The Bertz CT molecular complexity index is 1430. The molecular formula is C27H30FN6O5S-. The van der Waals surface area contributed by atoms with Crippen molar-refractivity contribution in [3.05, 3.63) is 54.1 Å². The maximum Gasteiger partial charge on any atom is 0.329 e. The fraction of sp³-hybridized carbons (Fsp3) is 0.407. The van der Waals surface area contributed by atoms with Crippen molar-refractivity contribution >= 4 is 51.2 Å². The molecular weight excluding hydrogens is 539 g/mol. The second kappa shape index (κ2) is 11.7. The van der Waals surface area contributed by atoms with E-state index in [9.17, 15) is 18.4 Å². The summed E-state index contributed by atoms with van der Waals surface area (Å²) >= 11 is -2.79. The van der Waals surface area contributed by atoms with Crippen LogP contribution in [0.1, 0.15) is 31.7 Å². The summed E-state index contributed by atoms with van der Waals surface area (Å²) in [6.07, 6.45) is 4.96. The summed E-state index contributed by atoms with van der Waals surface area (Å²) in [6, 6.07) is 5.75. The normalized spacial score (nSPS) is 18.8. The topological polar surface area (TPSA) is 145 Å². The summed E-state index contributed by atoms with van der Waals surface area (Å²) in [6.45, 7) is 3.56. The van der Waals surface area contributed by atoms with Crippen LogP contribution in [0.2, 0.25) is 0 Å². The van der Waals surface area contributed by atoms with Gasteiger partial charge in [-0.15, -0.1) is 0 Å². The largest absolute Gasteiger partial charge is 0.755 e. The molecule has 0 bridgehead atoms. The Kier molecular flexibility index (Phi) is 8.12. The average molecular weight is 570 g/mol. The first-order valence-corrected chi connectivity index (χ1v) is 14.2. The van der Waals surface area contributed by atoms with Crippen LogP contribution in [0.15, 0.2) is 42.7 Å². The zero-order valence-corrected chi connectivity index (χ0v) is 22.8. The smallest absolute Gasteiger partial charge is 0.329 e. The highest BCUT2D eigenvalue weighted by molar-refractivity contribution is 7.80. The molecule has 2 saturated heterocycles. The molecule has 2 aliphatic rings. The molecule has 13 heteroatoms. The summed E-state index contributed by atoms with van der Waals surface area (Å²) in [5, 5.41) is 0.683. The van der Waals surface area contributed by atoms with E-state index in [1.807, 2.05) is 0 Å². The highest BCUT2D eigenvalue weighted by Gasteiger charge is 2.43. The number of amides is 1. The minimum Gasteiger partial charge on any atom is -0.755 e. The van der Waals surface area contributed by atoms with Gasteiger partial charge in [-0.3, -0.25) is 13.3 Å². The Labute approximate surface area is 233 Å². The number of hydrogen-bond donors (Lipinski definition) is 1. The average Bonchev–Trinajstić information content (AvgIpc) is 3.60. The predicted molar refractivity (Wildman–Crippen MR) is 147 cm³/mol. The minimum absolute atomic E-state index is 0.0644. The maximum absolute atomic E-state index is 15.5. The molecule has 4 heterocycles. The van der Waals surface area contributed by atoms with Gasteiger partial charge in [0.2, 0.25) is 5.91 Å². The number of carbonyl (C=O) groups excluding carboxylic acids is 2. The number of rotatable bonds is 9. The molecule has 40 heavy (non-hydrogen) atoms. The molecule has 11 nitrogen and oxygen atoms in total. The van der Waals surface area contributed by atoms with Gasteiger partial charge >= 0.3 is 5.97 Å². The predicted octanol–water partition coefficient (Wildman–Crippen LogP) is 2.33. The molecule has 212 valence electrons. The van der Waals surface area contributed by atoms with Crippen molar-refractivity contribution in [3.8, 4) is 0 Å². The van der Waals surface area contributed by atoms with E-state index in [0.717, 1.165) is 36.1 Å². The van der Waals surface area contributed by atoms with Gasteiger partial charge in [0.1, 0.15) is 29.5 Å².